The summed E-state index contributed by atoms with van der Waals surface area (Å²) in [6.07, 6.45) is 0. The van der Waals surface area contributed by atoms with Crippen molar-refractivity contribution in [2.24, 2.45) is 0 Å². The molecular formula is C15H10O3S. The molecule has 0 amide bonds. The van der Waals surface area contributed by atoms with Gasteiger partial charge in [0.25, 0.3) is 0 Å². The molecule has 2 aromatic carbocycles. The van der Waals surface area contributed by atoms with Crippen LogP contribution in [0.25, 0.3) is 22.1 Å². The zero-order valence-corrected chi connectivity index (χ0v) is 10.7. The molecule has 1 N–H and O–H groups in total. The Morgan fingerprint density at radius 3 is 2.47 bits per heavy atom. The molecule has 0 unspecified atom stereocenters. The van der Waals surface area contributed by atoms with Gasteiger partial charge in [0.1, 0.15) is 11.3 Å². The predicted molar refractivity (Wildman–Crippen MR) is 76.8 cm³/mol. The first-order chi connectivity index (χ1) is 9.13. The molecule has 3 aromatic rings. The third-order valence-electron chi connectivity index (χ3n) is 2.90. The van der Waals surface area contributed by atoms with Crippen LogP contribution in [-0.4, -0.2) is 5.11 Å². The lowest BCUT2D eigenvalue weighted by molar-refractivity contribution is 0.473. The van der Waals surface area contributed by atoms with E-state index in [-0.39, 0.29) is 5.75 Å². The summed E-state index contributed by atoms with van der Waals surface area (Å²) in [5.74, 6) is 0.0721. The van der Waals surface area contributed by atoms with Crippen molar-refractivity contribution < 1.29 is 9.52 Å². The lowest BCUT2D eigenvalue weighted by Gasteiger charge is -2.03. The highest BCUT2D eigenvalue weighted by Gasteiger charge is 2.08. The smallest absolute Gasteiger partial charge is 0.344 e. The summed E-state index contributed by atoms with van der Waals surface area (Å²) in [4.78, 5) is 12.8. The van der Waals surface area contributed by atoms with Crippen molar-refractivity contribution in [1.29, 1.82) is 0 Å². The van der Waals surface area contributed by atoms with Gasteiger partial charge in [0.2, 0.25) is 0 Å². The molecule has 0 atom stereocenters. The summed E-state index contributed by atoms with van der Waals surface area (Å²) >= 11 is 4.21. The van der Waals surface area contributed by atoms with E-state index >= 15 is 0 Å². The molecule has 1 heterocycles. The van der Waals surface area contributed by atoms with Crippen LogP contribution < -0.4 is 5.63 Å². The second kappa shape index (κ2) is 4.48. The van der Waals surface area contributed by atoms with Crippen LogP contribution >= 0.6 is 12.6 Å². The van der Waals surface area contributed by atoms with Gasteiger partial charge in [0, 0.05) is 16.3 Å². The number of phenols is 1. The summed E-state index contributed by atoms with van der Waals surface area (Å²) < 4.78 is 5.22. The van der Waals surface area contributed by atoms with Crippen LogP contribution in [0.3, 0.4) is 0 Å². The third kappa shape index (κ3) is 2.22. The fourth-order valence-corrected chi connectivity index (χ4v) is 2.09. The number of aromatic hydroxyl groups is 1. The second-order valence-corrected chi connectivity index (χ2v) is 4.73. The minimum Gasteiger partial charge on any atom is -0.508 e. The van der Waals surface area contributed by atoms with Crippen LogP contribution in [-0.2, 0) is 0 Å². The lowest BCUT2D eigenvalue weighted by Crippen LogP contribution is -2.02. The molecule has 0 aliphatic rings. The van der Waals surface area contributed by atoms with Crippen molar-refractivity contribution in [2.75, 3.05) is 0 Å². The Morgan fingerprint density at radius 1 is 1.00 bits per heavy atom. The first kappa shape index (κ1) is 11.9. The maximum atomic E-state index is 12.0. The van der Waals surface area contributed by atoms with Crippen molar-refractivity contribution in [2.45, 2.75) is 4.90 Å². The maximum absolute atomic E-state index is 12.0. The van der Waals surface area contributed by atoms with Gasteiger partial charge < -0.3 is 9.52 Å². The van der Waals surface area contributed by atoms with Crippen molar-refractivity contribution in [3.63, 3.8) is 0 Å². The van der Waals surface area contributed by atoms with E-state index in [0.29, 0.717) is 11.1 Å². The number of phenolic OH excluding ortho intramolecular Hbond substituents is 1. The topological polar surface area (TPSA) is 50.4 Å². The largest absolute Gasteiger partial charge is 0.508 e. The van der Waals surface area contributed by atoms with E-state index in [4.69, 9.17) is 4.42 Å². The van der Waals surface area contributed by atoms with Gasteiger partial charge in [0.05, 0.1) is 5.56 Å². The molecule has 0 aliphatic heterocycles. The quantitative estimate of drug-likeness (QED) is 0.526. The molecule has 3 rings (SSSR count). The van der Waals surface area contributed by atoms with Crippen molar-refractivity contribution in [3.8, 4) is 16.9 Å². The molecule has 3 nitrogen and oxygen atoms in total. The SMILES string of the molecule is O=c1oc2cc(O)ccc2cc1-c1ccc(S)cc1. The van der Waals surface area contributed by atoms with Crippen molar-refractivity contribution in [3.05, 3.63) is 59.0 Å². The zero-order chi connectivity index (χ0) is 13.4. The van der Waals surface area contributed by atoms with Gasteiger partial charge in [-0.05, 0) is 35.9 Å². The number of hydrogen-bond acceptors (Lipinski definition) is 4. The van der Waals surface area contributed by atoms with E-state index in [2.05, 4.69) is 12.6 Å². The van der Waals surface area contributed by atoms with Gasteiger partial charge in [-0.3, -0.25) is 0 Å². The highest BCUT2D eigenvalue weighted by atomic mass is 32.1. The Morgan fingerprint density at radius 2 is 1.74 bits per heavy atom. The maximum Gasteiger partial charge on any atom is 0.344 e. The van der Waals surface area contributed by atoms with Crippen LogP contribution in [0, 0.1) is 0 Å². The molecule has 0 spiro atoms. The average Bonchev–Trinajstić information content (AvgIpc) is 2.39. The molecule has 0 saturated heterocycles. The molecule has 94 valence electrons. The van der Waals surface area contributed by atoms with Crippen LogP contribution in [0.1, 0.15) is 0 Å². The first-order valence-electron chi connectivity index (χ1n) is 5.70. The van der Waals surface area contributed by atoms with Gasteiger partial charge in [-0.25, -0.2) is 4.79 Å². The Labute approximate surface area is 114 Å². The normalized spacial score (nSPS) is 10.8. The van der Waals surface area contributed by atoms with E-state index in [9.17, 15) is 9.90 Å². The molecule has 19 heavy (non-hydrogen) atoms. The molecule has 1 aromatic heterocycles. The van der Waals surface area contributed by atoms with E-state index in [1.54, 1.807) is 18.2 Å². The fourth-order valence-electron chi connectivity index (χ4n) is 1.94. The molecule has 0 aliphatic carbocycles. The van der Waals surface area contributed by atoms with Crippen LogP contribution in [0.5, 0.6) is 5.75 Å². The molecule has 0 radical (unpaired) electrons. The van der Waals surface area contributed by atoms with Crippen molar-refractivity contribution >= 4 is 23.6 Å². The second-order valence-electron chi connectivity index (χ2n) is 4.22. The lowest BCUT2D eigenvalue weighted by atomic mass is 10.1. The van der Waals surface area contributed by atoms with Gasteiger partial charge in [-0.15, -0.1) is 12.6 Å². The van der Waals surface area contributed by atoms with E-state index in [0.717, 1.165) is 15.8 Å². The van der Waals surface area contributed by atoms with E-state index in [1.807, 2.05) is 24.3 Å². The van der Waals surface area contributed by atoms with Crippen LogP contribution in [0.2, 0.25) is 0 Å². The molecule has 0 fully saturated rings. The summed E-state index contributed by atoms with van der Waals surface area (Å²) in [7, 11) is 0. The zero-order valence-electron chi connectivity index (χ0n) is 9.83. The number of thiol groups is 1. The highest BCUT2D eigenvalue weighted by Crippen LogP contribution is 2.24. The summed E-state index contributed by atoms with van der Waals surface area (Å²) in [5, 5.41) is 10.1. The van der Waals surface area contributed by atoms with Crippen molar-refractivity contribution in [1.82, 2.24) is 0 Å². The fraction of sp³-hybridized carbons (Fsp3) is 0. The molecule has 0 saturated carbocycles. The third-order valence-corrected chi connectivity index (χ3v) is 3.20. The van der Waals surface area contributed by atoms with Gasteiger partial charge in [-0.1, -0.05) is 12.1 Å². The first-order valence-corrected chi connectivity index (χ1v) is 6.14. The summed E-state index contributed by atoms with van der Waals surface area (Å²) in [5.41, 5.74) is 1.22. The highest BCUT2D eigenvalue weighted by molar-refractivity contribution is 7.80. The van der Waals surface area contributed by atoms with Gasteiger partial charge >= 0.3 is 5.63 Å². The predicted octanol–water partition coefficient (Wildman–Crippen LogP) is 3.45. The number of hydrogen-bond donors (Lipinski definition) is 2. The van der Waals surface area contributed by atoms with Crippen LogP contribution in [0.15, 0.2) is 62.6 Å². The minimum atomic E-state index is -0.426. The monoisotopic (exact) mass is 270 g/mol. The number of rotatable bonds is 1. The Balaban J connectivity index is 2.24. The number of fused-ring (bicyclic) bond motifs is 1. The Kier molecular flexibility index (Phi) is 2.80. The van der Waals surface area contributed by atoms with Gasteiger partial charge in [-0.2, -0.15) is 0 Å². The number of benzene rings is 2. The Hall–Kier alpha value is -2.20. The van der Waals surface area contributed by atoms with E-state index in [1.165, 1.54) is 6.07 Å². The standard InChI is InChI=1S/C15H10O3S/c16-11-4-1-10-7-13(15(17)18-14(10)8-11)9-2-5-12(19)6-3-9/h1-8,16,19H. The average molecular weight is 270 g/mol. The minimum absolute atomic E-state index is 0.0721. The summed E-state index contributed by atoms with van der Waals surface area (Å²) in [6, 6.07) is 13.7. The Bertz CT molecular complexity index is 804. The summed E-state index contributed by atoms with van der Waals surface area (Å²) in [6.45, 7) is 0. The van der Waals surface area contributed by atoms with Gasteiger partial charge in [0.15, 0.2) is 0 Å². The molecule has 4 heteroatoms. The molecular weight excluding hydrogens is 260 g/mol. The molecule has 0 bridgehead atoms. The van der Waals surface area contributed by atoms with Crippen LogP contribution in [0.4, 0.5) is 0 Å². The van der Waals surface area contributed by atoms with E-state index < -0.39 is 5.63 Å².